The van der Waals surface area contributed by atoms with Gasteiger partial charge in [0.05, 0.1) is 0 Å². The highest BCUT2D eigenvalue weighted by Crippen LogP contribution is 2.41. The van der Waals surface area contributed by atoms with Gasteiger partial charge in [0, 0.05) is 16.2 Å². The molecular weight excluding hydrogens is 287 g/mol. The van der Waals surface area contributed by atoms with Crippen LogP contribution in [0.15, 0.2) is 91.0 Å². The lowest BCUT2D eigenvalue weighted by Gasteiger charge is -2.12. The fraction of sp³-hybridized carbons (Fsp3) is 0. The summed E-state index contributed by atoms with van der Waals surface area (Å²) in [6.45, 7) is 0. The van der Waals surface area contributed by atoms with Crippen LogP contribution in [-0.2, 0) is 4.57 Å². The van der Waals surface area contributed by atoms with Crippen molar-refractivity contribution in [3.63, 3.8) is 0 Å². The van der Waals surface area contributed by atoms with Crippen LogP contribution in [0, 0.1) is 11.6 Å². The van der Waals surface area contributed by atoms with Gasteiger partial charge in [0.25, 0.3) is 0 Å². The maximum atomic E-state index is 13.6. The molecule has 0 aliphatic rings. The molecule has 0 amide bonds. The van der Waals surface area contributed by atoms with Crippen molar-refractivity contribution >= 4 is 17.8 Å². The monoisotopic (exact) mass is 302 g/mol. The first-order valence-corrected chi connectivity index (χ1v) is 8.79. The Morgan fingerprint density at radius 2 is 1.00 bits per heavy atom. The Hall–Kier alpha value is -2.55. The van der Waals surface area contributed by atoms with Crippen LogP contribution in [0.25, 0.3) is 0 Å². The predicted octanol–water partition coefficient (Wildman–Crippen LogP) is 4.01. The van der Waals surface area contributed by atoms with Gasteiger partial charge in [-0.25, -0.2) is 0 Å². The standard InChI is InChI=1S/C20H15OP/c21-22(19-12-6-2-7-13-19,20-14-8-3-9-15-20)17-16-18-10-4-1-5-11-18/h1-15H. The lowest BCUT2D eigenvalue weighted by molar-refractivity contribution is 0.593. The summed E-state index contributed by atoms with van der Waals surface area (Å²) >= 11 is 0. The van der Waals surface area contributed by atoms with Crippen LogP contribution < -0.4 is 10.6 Å². The first-order chi connectivity index (χ1) is 10.8. The molecule has 0 saturated carbocycles. The molecule has 0 aromatic heterocycles. The van der Waals surface area contributed by atoms with Crippen molar-refractivity contribution in [1.29, 1.82) is 0 Å². The zero-order valence-electron chi connectivity index (χ0n) is 12.0. The molecule has 0 spiro atoms. The Bertz CT molecular complexity index is 800. The van der Waals surface area contributed by atoms with Gasteiger partial charge in [0.15, 0.2) is 0 Å². The summed E-state index contributed by atoms with van der Waals surface area (Å²) in [7, 11) is -2.95. The quantitative estimate of drug-likeness (QED) is 0.516. The Morgan fingerprint density at radius 1 is 0.591 bits per heavy atom. The van der Waals surface area contributed by atoms with Crippen molar-refractivity contribution in [2.24, 2.45) is 0 Å². The molecule has 0 heterocycles. The maximum absolute atomic E-state index is 13.6. The zero-order valence-corrected chi connectivity index (χ0v) is 12.9. The summed E-state index contributed by atoms with van der Waals surface area (Å²) < 4.78 is 13.6. The maximum Gasteiger partial charge on any atom is 0.211 e. The van der Waals surface area contributed by atoms with Gasteiger partial charge in [-0.3, -0.25) is 4.57 Å². The van der Waals surface area contributed by atoms with Gasteiger partial charge >= 0.3 is 0 Å². The zero-order chi connectivity index (χ0) is 15.3. The molecule has 3 aromatic rings. The lowest BCUT2D eigenvalue weighted by Crippen LogP contribution is -2.14. The molecule has 1 nitrogen and oxygen atoms in total. The SMILES string of the molecule is O=P(C#Cc1ccccc1)(c1ccccc1)c1ccccc1. The van der Waals surface area contributed by atoms with E-state index in [1.807, 2.05) is 91.0 Å². The van der Waals surface area contributed by atoms with E-state index in [0.717, 1.165) is 16.2 Å². The Kier molecular flexibility index (Phi) is 4.24. The third kappa shape index (κ3) is 3.03. The molecule has 0 aliphatic carbocycles. The third-order valence-corrected chi connectivity index (χ3v) is 5.85. The van der Waals surface area contributed by atoms with Crippen molar-refractivity contribution in [3.8, 4) is 11.6 Å². The second-order valence-corrected chi connectivity index (χ2v) is 7.36. The fourth-order valence-electron chi connectivity index (χ4n) is 2.22. The number of hydrogen-bond acceptors (Lipinski definition) is 1. The average molecular weight is 302 g/mol. The Morgan fingerprint density at radius 3 is 1.45 bits per heavy atom. The van der Waals surface area contributed by atoms with Gasteiger partial charge in [-0.15, -0.1) is 0 Å². The largest absolute Gasteiger partial charge is 0.300 e. The summed E-state index contributed by atoms with van der Waals surface area (Å²) in [5, 5.41) is 1.54. The van der Waals surface area contributed by atoms with Crippen molar-refractivity contribution < 1.29 is 4.57 Å². The van der Waals surface area contributed by atoms with E-state index in [1.165, 1.54) is 0 Å². The molecule has 0 N–H and O–H groups in total. The van der Waals surface area contributed by atoms with Crippen molar-refractivity contribution in [2.75, 3.05) is 0 Å². The van der Waals surface area contributed by atoms with Crippen LogP contribution in [0.3, 0.4) is 0 Å². The molecule has 106 valence electrons. The van der Waals surface area contributed by atoms with E-state index in [1.54, 1.807) is 0 Å². The van der Waals surface area contributed by atoms with Crippen molar-refractivity contribution in [3.05, 3.63) is 96.6 Å². The molecule has 3 rings (SSSR count). The summed E-state index contributed by atoms with van der Waals surface area (Å²) in [6.07, 6.45) is 0. The normalized spacial score (nSPS) is 10.5. The molecule has 0 atom stereocenters. The Labute approximate surface area is 131 Å². The molecule has 0 fully saturated rings. The second-order valence-electron chi connectivity index (χ2n) is 4.88. The number of hydrogen-bond donors (Lipinski definition) is 0. The molecule has 0 radical (unpaired) electrons. The minimum absolute atomic E-state index is 0.768. The molecule has 0 bridgehead atoms. The molecule has 22 heavy (non-hydrogen) atoms. The van der Waals surface area contributed by atoms with Crippen LogP contribution in [0.2, 0.25) is 0 Å². The summed E-state index contributed by atoms with van der Waals surface area (Å²) in [5.41, 5.74) is 3.92. The summed E-state index contributed by atoms with van der Waals surface area (Å²) in [5.74, 6) is 3.07. The molecular formula is C20H15OP. The highest BCUT2D eigenvalue weighted by molar-refractivity contribution is 7.83. The predicted molar refractivity (Wildman–Crippen MR) is 93.1 cm³/mol. The van der Waals surface area contributed by atoms with E-state index in [2.05, 4.69) is 11.6 Å². The molecule has 0 saturated heterocycles. The molecule has 0 aliphatic heterocycles. The van der Waals surface area contributed by atoms with Gasteiger partial charge in [-0.1, -0.05) is 84.8 Å². The fourth-order valence-corrected chi connectivity index (χ4v) is 4.25. The summed E-state index contributed by atoms with van der Waals surface area (Å²) in [4.78, 5) is 0. The molecule has 3 aromatic carbocycles. The van der Waals surface area contributed by atoms with Gasteiger partial charge in [-0.05, 0) is 17.8 Å². The first kappa shape index (κ1) is 14.4. The second kappa shape index (κ2) is 6.48. The van der Waals surface area contributed by atoms with Gasteiger partial charge in [0.2, 0.25) is 7.14 Å². The third-order valence-electron chi connectivity index (χ3n) is 3.37. The minimum Gasteiger partial charge on any atom is -0.300 e. The van der Waals surface area contributed by atoms with Crippen molar-refractivity contribution in [1.82, 2.24) is 0 Å². The first-order valence-electron chi connectivity index (χ1n) is 7.09. The highest BCUT2D eigenvalue weighted by Gasteiger charge is 2.24. The van der Waals surface area contributed by atoms with E-state index in [0.29, 0.717) is 0 Å². The molecule has 2 heteroatoms. The minimum atomic E-state index is -2.95. The van der Waals surface area contributed by atoms with E-state index >= 15 is 0 Å². The van der Waals surface area contributed by atoms with Crippen LogP contribution in [0.5, 0.6) is 0 Å². The topological polar surface area (TPSA) is 17.1 Å². The van der Waals surface area contributed by atoms with Crippen LogP contribution in [-0.4, -0.2) is 0 Å². The van der Waals surface area contributed by atoms with Gasteiger partial charge in [-0.2, -0.15) is 0 Å². The van der Waals surface area contributed by atoms with E-state index in [4.69, 9.17) is 0 Å². The smallest absolute Gasteiger partial charge is 0.211 e. The lowest BCUT2D eigenvalue weighted by atomic mass is 10.2. The van der Waals surface area contributed by atoms with Crippen LogP contribution in [0.4, 0.5) is 0 Å². The van der Waals surface area contributed by atoms with E-state index in [9.17, 15) is 4.57 Å². The van der Waals surface area contributed by atoms with Crippen LogP contribution in [0.1, 0.15) is 5.56 Å². The van der Waals surface area contributed by atoms with Gasteiger partial charge < -0.3 is 0 Å². The molecule has 0 unspecified atom stereocenters. The van der Waals surface area contributed by atoms with E-state index < -0.39 is 7.14 Å². The van der Waals surface area contributed by atoms with E-state index in [-0.39, 0.29) is 0 Å². The van der Waals surface area contributed by atoms with Gasteiger partial charge in [0.1, 0.15) is 0 Å². The highest BCUT2D eigenvalue weighted by atomic mass is 31.2. The van der Waals surface area contributed by atoms with Crippen LogP contribution >= 0.6 is 7.14 Å². The Balaban J connectivity index is 2.13. The summed E-state index contributed by atoms with van der Waals surface area (Å²) in [6, 6.07) is 28.6. The average Bonchev–Trinajstić information content (AvgIpc) is 2.62. The van der Waals surface area contributed by atoms with Crippen molar-refractivity contribution in [2.45, 2.75) is 0 Å². The number of rotatable bonds is 2. The number of benzene rings is 3.